The lowest BCUT2D eigenvalue weighted by Gasteiger charge is -2.28. The van der Waals surface area contributed by atoms with Gasteiger partial charge in [0.05, 0.1) is 6.61 Å². The van der Waals surface area contributed by atoms with Crippen molar-refractivity contribution < 1.29 is 9.53 Å². The van der Waals surface area contributed by atoms with Crippen molar-refractivity contribution >= 4 is 5.91 Å². The van der Waals surface area contributed by atoms with Crippen LogP contribution < -0.4 is 10.6 Å². The molecule has 1 saturated heterocycles. The molecule has 1 amide bonds. The Kier molecular flexibility index (Phi) is 5.37. The lowest BCUT2D eigenvalue weighted by Crippen LogP contribution is -2.49. The molecule has 0 radical (unpaired) electrons. The van der Waals surface area contributed by atoms with E-state index in [1.807, 2.05) is 0 Å². The molecule has 1 unspecified atom stereocenters. The molecule has 2 rings (SSSR count). The third kappa shape index (κ3) is 4.29. The van der Waals surface area contributed by atoms with Crippen molar-refractivity contribution in [2.24, 2.45) is 0 Å². The number of morpholine rings is 1. The monoisotopic (exact) mass is 290 g/mol. The van der Waals surface area contributed by atoms with Gasteiger partial charge in [0.1, 0.15) is 6.10 Å². The molecular formula is C17H26N2O2. The fourth-order valence-electron chi connectivity index (χ4n) is 2.45. The average molecular weight is 290 g/mol. The molecule has 116 valence electrons. The molecule has 0 aliphatic carbocycles. The lowest BCUT2D eigenvalue weighted by atomic mass is 9.84. The van der Waals surface area contributed by atoms with Crippen LogP contribution in [0.25, 0.3) is 0 Å². The van der Waals surface area contributed by atoms with E-state index >= 15 is 0 Å². The molecular weight excluding hydrogens is 264 g/mol. The highest BCUT2D eigenvalue weighted by atomic mass is 16.5. The number of ether oxygens (including phenoxy) is 1. The normalized spacial score (nSPS) is 19.3. The van der Waals surface area contributed by atoms with E-state index in [0.717, 1.165) is 13.0 Å². The Bertz CT molecular complexity index is 462. The van der Waals surface area contributed by atoms with E-state index in [-0.39, 0.29) is 17.4 Å². The lowest BCUT2D eigenvalue weighted by molar-refractivity contribution is -0.134. The summed E-state index contributed by atoms with van der Waals surface area (Å²) in [6.45, 7) is 9.06. The molecule has 1 heterocycles. The Balaban J connectivity index is 1.91. The van der Waals surface area contributed by atoms with Crippen LogP contribution in [0.4, 0.5) is 0 Å². The highest BCUT2D eigenvalue weighted by Crippen LogP contribution is 2.22. The van der Waals surface area contributed by atoms with Crippen LogP contribution in [0.5, 0.6) is 0 Å². The van der Waals surface area contributed by atoms with Crippen molar-refractivity contribution in [1.82, 2.24) is 10.6 Å². The zero-order valence-corrected chi connectivity index (χ0v) is 13.2. The maximum atomic E-state index is 12.1. The van der Waals surface area contributed by atoms with E-state index in [4.69, 9.17) is 4.74 Å². The van der Waals surface area contributed by atoms with Gasteiger partial charge in [-0.1, -0.05) is 45.0 Å². The van der Waals surface area contributed by atoms with Crippen molar-refractivity contribution in [1.29, 1.82) is 0 Å². The first kappa shape index (κ1) is 16.0. The van der Waals surface area contributed by atoms with Crippen molar-refractivity contribution in [3.05, 3.63) is 35.4 Å². The zero-order valence-electron chi connectivity index (χ0n) is 13.2. The molecule has 0 saturated carbocycles. The van der Waals surface area contributed by atoms with Crippen molar-refractivity contribution in [2.45, 2.75) is 38.7 Å². The quantitative estimate of drug-likeness (QED) is 0.866. The number of rotatable bonds is 5. The summed E-state index contributed by atoms with van der Waals surface area (Å²) >= 11 is 0. The van der Waals surface area contributed by atoms with Gasteiger partial charge in [-0.05, 0) is 17.5 Å². The molecule has 1 aromatic rings. The predicted molar refractivity (Wildman–Crippen MR) is 84.5 cm³/mol. The van der Waals surface area contributed by atoms with Crippen LogP contribution in [0.2, 0.25) is 0 Å². The van der Waals surface area contributed by atoms with Gasteiger partial charge >= 0.3 is 0 Å². The summed E-state index contributed by atoms with van der Waals surface area (Å²) in [6.07, 6.45) is 0.681. The molecule has 1 aliphatic heterocycles. The smallest absolute Gasteiger partial charge is 0.250 e. The summed E-state index contributed by atoms with van der Waals surface area (Å²) in [6, 6.07) is 8.63. The maximum Gasteiger partial charge on any atom is 0.250 e. The number of carbonyl (C=O) groups excluding carboxylic acids is 1. The van der Waals surface area contributed by atoms with Gasteiger partial charge in [0, 0.05) is 25.0 Å². The Morgan fingerprint density at radius 2 is 2.10 bits per heavy atom. The minimum Gasteiger partial charge on any atom is -0.366 e. The van der Waals surface area contributed by atoms with Gasteiger partial charge in [0.15, 0.2) is 0 Å². The number of carbonyl (C=O) groups is 1. The predicted octanol–water partition coefficient (Wildman–Crippen LogP) is 1.63. The number of hydrogen-bond donors (Lipinski definition) is 2. The Labute approximate surface area is 127 Å². The molecule has 21 heavy (non-hydrogen) atoms. The fraction of sp³-hybridized carbons (Fsp3) is 0.588. The second-order valence-electron chi connectivity index (χ2n) is 6.22. The van der Waals surface area contributed by atoms with Crippen LogP contribution in [0.1, 0.15) is 31.9 Å². The van der Waals surface area contributed by atoms with Gasteiger partial charge < -0.3 is 15.4 Å². The highest BCUT2D eigenvalue weighted by Gasteiger charge is 2.25. The van der Waals surface area contributed by atoms with Gasteiger partial charge in [-0.25, -0.2) is 0 Å². The minimum absolute atomic E-state index is 0.0274. The number of benzene rings is 1. The number of hydrogen-bond acceptors (Lipinski definition) is 3. The third-order valence-corrected chi connectivity index (χ3v) is 4.07. The van der Waals surface area contributed by atoms with E-state index in [9.17, 15) is 4.79 Å². The molecule has 1 fully saturated rings. The van der Waals surface area contributed by atoms with Gasteiger partial charge in [-0.2, -0.15) is 0 Å². The number of nitrogens with one attached hydrogen (secondary N) is 2. The molecule has 0 spiro atoms. The highest BCUT2D eigenvalue weighted by molar-refractivity contribution is 5.81. The third-order valence-electron chi connectivity index (χ3n) is 4.07. The first-order valence-corrected chi connectivity index (χ1v) is 7.72. The zero-order chi connectivity index (χ0) is 15.3. The average Bonchev–Trinajstić information content (AvgIpc) is 2.53. The molecule has 1 aromatic carbocycles. The van der Waals surface area contributed by atoms with Crippen LogP contribution in [0, 0.1) is 0 Å². The van der Waals surface area contributed by atoms with Crippen LogP contribution in [-0.4, -0.2) is 38.3 Å². The number of amides is 1. The van der Waals surface area contributed by atoms with E-state index in [0.29, 0.717) is 19.7 Å². The van der Waals surface area contributed by atoms with Gasteiger partial charge in [-0.3, -0.25) is 4.79 Å². The topological polar surface area (TPSA) is 50.4 Å². The molecule has 1 aliphatic rings. The fourth-order valence-corrected chi connectivity index (χ4v) is 2.45. The first-order valence-electron chi connectivity index (χ1n) is 7.72. The Hall–Kier alpha value is -1.39. The SMILES string of the molecule is CCc1ccc(C(C)(C)CNC(=O)C2CNCCO2)cc1. The molecule has 1 atom stereocenters. The first-order chi connectivity index (χ1) is 10.0. The maximum absolute atomic E-state index is 12.1. The number of aryl methyl sites for hydroxylation is 1. The van der Waals surface area contributed by atoms with Gasteiger partial charge in [-0.15, -0.1) is 0 Å². The van der Waals surface area contributed by atoms with E-state index in [1.54, 1.807) is 0 Å². The van der Waals surface area contributed by atoms with E-state index < -0.39 is 0 Å². The van der Waals surface area contributed by atoms with Crippen LogP contribution in [0.3, 0.4) is 0 Å². The van der Waals surface area contributed by atoms with E-state index in [1.165, 1.54) is 11.1 Å². The van der Waals surface area contributed by atoms with E-state index in [2.05, 4.69) is 55.7 Å². The van der Waals surface area contributed by atoms with Gasteiger partial charge in [0.2, 0.25) is 5.91 Å². The summed E-state index contributed by atoms with van der Waals surface area (Å²) in [5, 5.41) is 6.19. The largest absolute Gasteiger partial charge is 0.366 e. The van der Waals surface area contributed by atoms with Crippen LogP contribution in [-0.2, 0) is 21.4 Å². The Morgan fingerprint density at radius 3 is 2.67 bits per heavy atom. The van der Waals surface area contributed by atoms with Gasteiger partial charge in [0.25, 0.3) is 0 Å². The summed E-state index contributed by atoms with van der Waals surface area (Å²) in [7, 11) is 0. The molecule has 2 N–H and O–H groups in total. The molecule has 4 heteroatoms. The summed E-state index contributed by atoms with van der Waals surface area (Å²) < 4.78 is 5.47. The second kappa shape index (κ2) is 7.05. The summed E-state index contributed by atoms with van der Waals surface area (Å²) in [5.41, 5.74) is 2.48. The van der Waals surface area contributed by atoms with Crippen LogP contribution >= 0.6 is 0 Å². The van der Waals surface area contributed by atoms with Crippen molar-refractivity contribution in [3.8, 4) is 0 Å². The minimum atomic E-state index is -0.364. The molecule has 0 aromatic heterocycles. The van der Waals surface area contributed by atoms with Crippen molar-refractivity contribution in [3.63, 3.8) is 0 Å². The molecule has 4 nitrogen and oxygen atoms in total. The standard InChI is InChI=1S/C17H26N2O2/c1-4-13-5-7-14(8-6-13)17(2,3)12-19-16(20)15-11-18-9-10-21-15/h5-8,15,18H,4,9-12H2,1-3H3,(H,19,20). The summed E-state index contributed by atoms with van der Waals surface area (Å²) in [4.78, 5) is 12.1. The summed E-state index contributed by atoms with van der Waals surface area (Å²) in [5.74, 6) is -0.0274. The second-order valence-corrected chi connectivity index (χ2v) is 6.22. The Morgan fingerprint density at radius 1 is 1.38 bits per heavy atom. The molecule has 0 bridgehead atoms. The van der Waals surface area contributed by atoms with Crippen molar-refractivity contribution in [2.75, 3.05) is 26.2 Å². The van der Waals surface area contributed by atoms with Crippen LogP contribution in [0.15, 0.2) is 24.3 Å².